The van der Waals surface area contributed by atoms with E-state index in [4.69, 9.17) is 0 Å². The van der Waals surface area contributed by atoms with Crippen LogP contribution in [-0.4, -0.2) is 34.9 Å². The summed E-state index contributed by atoms with van der Waals surface area (Å²) in [6.45, 7) is 4.11. The molecule has 0 aliphatic heterocycles. The van der Waals surface area contributed by atoms with Gasteiger partial charge >= 0.3 is 5.97 Å². The zero-order valence-corrected chi connectivity index (χ0v) is 27.2. The lowest BCUT2D eigenvalue weighted by atomic mass is 9.98. The van der Waals surface area contributed by atoms with E-state index in [0.29, 0.717) is 12.1 Å². The molecule has 7 heteroatoms. The fourth-order valence-corrected chi connectivity index (χ4v) is 7.24. The number of hydrogen-bond donors (Lipinski definition) is 2. The number of carboxylic acid groups (broad SMARTS) is 1. The van der Waals surface area contributed by atoms with Crippen LogP contribution in [0.25, 0.3) is 33.2 Å². The molecule has 0 unspecified atom stereocenters. The molecule has 1 saturated carbocycles. The molecule has 5 aromatic carbocycles. The number of fused-ring (bicyclic) bond motifs is 1. The number of carboxylic acids is 1. The highest BCUT2D eigenvalue weighted by atomic mass is 31.2. The van der Waals surface area contributed by atoms with E-state index in [-0.39, 0.29) is 11.5 Å². The highest BCUT2D eigenvalue weighted by Gasteiger charge is 2.46. The van der Waals surface area contributed by atoms with Crippen LogP contribution in [-0.2, 0) is 16.6 Å². The third-order valence-corrected chi connectivity index (χ3v) is 10.6. The molecule has 6 nitrogen and oxygen atoms in total. The molecule has 1 heterocycles. The minimum absolute atomic E-state index is 0.192. The van der Waals surface area contributed by atoms with Gasteiger partial charge in [0, 0.05) is 23.4 Å². The topological polar surface area (TPSA) is 88.4 Å². The molecule has 0 spiro atoms. The maximum atomic E-state index is 14.4. The van der Waals surface area contributed by atoms with E-state index in [1.165, 1.54) is 0 Å². The Bertz CT molecular complexity index is 2190. The Kier molecular flexibility index (Phi) is 7.69. The Balaban J connectivity index is 1.30. The first-order valence-electron chi connectivity index (χ1n) is 15.7. The second-order valence-corrected chi connectivity index (χ2v) is 16.0. The molecule has 47 heavy (non-hydrogen) atoms. The Morgan fingerprint density at radius 3 is 2.13 bits per heavy atom. The first kappa shape index (κ1) is 30.5. The largest absolute Gasteiger partial charge is 0.478 e. The molecule has 0 radical (unpaired) electrons. The summed E-state index contributed by atoms with van der Waals surface area (Å²) in [4.78, 5) is 25.8. The number of nitrogens with one attached hydrogen (secondary N) is 1. The van der Waals surface area contributed by atoms with Gasteiger partial charge in [0.1, 0.15) is 7.14 Å². The summed E-state index contributed by atoms with van der Waals surface area (Å²) in [5.41, 5.74) is 7.12. The van der Waals surface area contributed by atoms with Crippen molar-refractivity contribution in [3.63, 3.8) is 0 Å². The van der Waals surface area contributed by atoms with Gasteiger partial charge in [0.15, 0.2) is 0 Å². The third-order valence-electron chi connectivity index (χ3n) is 9.08. The lowest BCUT2D eigenvalue weighted by molar-refractivity contribution is 0.0696. The van der Waals surface area contributed by atoms with E-state index in [2.05, 4.69) is 52.3 Å². The van der Waals surface area contributed by atoms with E-state index in [1.807, 2.05) is 60.8 Å². The van der Waals surface area contributed by atoms with Crippen LogP contribution in [0.5, 0.6) is 0 Å². The second kappa shape index (κ2) is 11.9. The monoisotopic (exact) mass is 638 g/mol. The van der Waals surface area contributed by atoms with Gasteiger partial charge in [0.25, 0.3) is 5.91 Å². The number of aromatic nitrogens is 1. The zero-order valence-electron chi connectivity index (χ0n) is 26.3. The van der Waals surface area contributed by atoms with Crippen LogP contribution >= 0.6 is 7.14 Å². The van der Waals surface area contributed by atoms with Gasteiger partial charge in [-0.3, -0.25) is 4.79 Å². The highest BCUT2D eigenvalue weighted by molar-refractivity contribution is 7.70. The van der Waals surface area contributed by atoms with Crippen LogP contribution in [0.4, 0.5) is 0 Å². The molecule has 0 atom stereocenters. The second-order valence-electron chi connectivity index (χ2n) is 12.8. The van der Waals surface area contributed by atoms with Gasteiger partial charge in [-0.05, 0) is 102 Å². The Morgan fingerprint density at radius 2 is 1.45 bits per heavy atom. The zero-order chi connectivity index (χ0) is 32.8. The standard InChI is InChI=1S/C40H35N2O4P/c1-47(2,46)35-13-7-12-31(24-35)33-23-32-18-21-42(26-27-8-6-11-30(22-27)28-9-4-3-5-10-28)37(32)36(25-33)38(43)41-40(19-20-40)34-16-14-29(15-17-34)39(44)45/h3-18,21-25H,19-20,26H2,1-2H3,(H,41,43)(H,44,45). The van der Waals surface area contributed by atoms with Crippen LogP contribution in [0.15, 0.2) is 128 Å². The summed E-state index contributed by atoms with van der Waals surface area (Å²) in [7, 11) is -2.49. The number of amides is 1. The number of hydrogen-bond acceptors (Lipinski definition) is 3. The van der Waals surface area contributed by atoms with Gasteiger partial charge in [-0.2, -0.15) is 0 Å². The number of carbonyl (C=O) groups is 2. The van der Waals surface area contributed by atoms with E-state index < -0.39 is 18.7 Å². The lowest BCUT2D eigenvalue weighted by Gasteiger charge is -2.20. The molecule has 234 valence electrons. The van der Waals surface area contributed by atoms with Crippen molar-refractivity contribution in [2.24, 2.45) is 0 Å². The summed E-state index contributed by atoms with van der Waals surface area (Å²) in [6.07, 6.45) is 3.57. The first-order chi connectivity index (χ1) is 22.6. The molecule has 1 aliphatic carbocycles. The van der Waals surface area contributed by atoms with Gasteiger partial charge < -0.3 is 19.6 Å². The summed E-state index contributed by atoms with van der Waals surface area (Å²) in [5, 5.41) is 14.4. The molecule has 1 aliphatic rings. The summed E-state index contributed by atoms with van der Waals surface area (Å²) in [6, 6.07) is 39.3. The van der Waals surface area contributed by atoms with Crippen molar-refractivity contribution in [3.8, 4) is 22.3 Å². The maximum absolute atomic E-state index is 14.4. The van der Waals surface area contributed by atoms with Crippen molar-refractivity contribution < 1.29 is 19.3 Å². The van der Waals surface area contributed by atoms with Gasteiger partial charge in [0.05, 0.1) is 22.2 Å². The van der Waals surface area contributed by atoms with Crippen molar-refractivity contribution in [1.29, 1.82) is 0 Å². The van der Waals surface area contributed by atoms with E-state index in [1.54, 1.807) is 37.6 Å². The molecule has 2 N–H and O–H groups in total. The summed E-state index contributed by atoms with van der Waals surface area (Å²) >= 11 is 0. The quantitative estimate of drug-likeness (QED) is 0.156. The number of nitrogens with zero attached hydrogens (tertiary/aromatic N) is 1. The Morgan fingerprint density at radius 1 is 0.766 bits per heavy atom. The predicted octanol–water partition coefficient (Wildman–Crippen LogP) is 8.39. The minimum Gasteiger partial charge on any atom is -0.478 e. The fraction of sp³-hybridized carbons (Fsp3) is 0.150. The van der Waals surface area contributed by atoms with Crippen molar-refractivity contribution in [3.05, 3.63) is 150 Å². The number of rotatable bonds is 9. The van der Waals surface area contributed by atoms with Gasteiger partial charge in [-0.1, -0.05) is 78.9 Å². The van der Waals surface area contributed by atoms with Crippen LogP contribution in [0.1, 0.15) is 44.7 Å². The Hall–Kier alpha value is -5.19. The Labute approximate surface area is 274 Å². The van der Waals surface area contributed by atoms with E-state index in [0.717, 1.165) is 62.4 Å². The highest BCUT2D eigenvalue weighted by Crippen LogP contribution is 2.46. The number of benzene rings is 5. The molecular formula is C40H35N2O4P. The smallest absolute Gasteiger partial charge is 0.335 e. The van der Waals surface area contributed by atoms with Gasteiger partial charge in [-0.25, -0.2) is 4.79 Å². The third kappa shape index (κ3) is 6.17. The van der Waals surface area contributed by atoms with Crippen molar-refractivity contribution >= 4 is 35.2 Å². The molecule has 1 aromatic heterocycles. The lowest BCUT2D eigenvalue weighted by Crippen LogP contribution is -2.35. The van der Waals surface area contributed by atoms with E-state index in [9.17, 15) is 19.3 Å². The molecule has 6 aromatic rings. The molecule has 0 bridgehead atoms. The number of aromatic carboxylic acids is 1. The van der Waals surface area contributed by atoms with Crippen molar-refractivity contribution in [2.45, 2.75) is 24.9 Å². The van der Waals surface area contributed by atoms with Gasteiger partial charge in [0.2, 0.25) is 0 Å². The van der Waals surface area contributed by atoms with Crippen LogP contribution < -0.4 is 10.6 Å². The molecular weight excluding hydrogens is 603 g/mol. The normalized spacial score (nSPS) is 13.7. The predicted molar refractivity (Wildman–Crippen MR) is 189 cm³/mol. The summed E-state index contributed by atoms with van der Waals surface area (Å²) in [5.74, 6) is -1.17. The average Bonchev–Trinajstić information content (AvgIpc) is 3.76. The SMILES string of the molecule is CP(C)(=O)c1cccc(-c2cc(C(=O)NC3(c4ccc(C(=O)O)cc4)CC3)c3c(ccn3Cc3cccc(-c4ccccc4)c3)c2)c1. The molecule has 1 amide bonds. The molecule has 7 rings (SSSR count). The maximum Gasteiger partial charge on any atom is 0.335 e. The molecule has 0 saturated heterocycles. The van der Waals surface area contributed by atoms with Crippen molar-refractivity contribution in [2.75, 3.05) is 13.3 Å². The molecule has 1 fully saturated rings. The minimum atomic E-state index is -2.49. The first-order valence-corrected chi connectivity index (χ1v) is 18.3. The van der Waals surface area contributed by atoms with Gasteiger partial charge in [-0.15, -0.1) is 0 Å². The van der Waals surface area contributed by atoms with Crippen LogP contribution in [0.3, 0.4) is 0 Å². The van der Waals surface area contributed by atoms with Crippen molar-refractivity contribution in [1.82, 2.24) is 9.88 Å². The number of carbonyl (C=O) groups excluding carboxylic acids is 1. The van der Waals surface area contributed by atoms with Crippen LogP contribution in [0, 0.1) is 0 Å². The van der Waals surface area contributed by atoms with Crippen LogP contribution in [0.2, 0.25) is 0 Å². The fourth-order valence-electron chi connectivity index (χ4n) is 6.35. The van der Waals surface area contributed by atoms with E-state index >= 15 is 0 Å². The summed E-state index contributed by atoms with van der Waals surface area (Å²) < 4.78 is 15.1. The average molecular weight is 639 g/mol.